The molecular formula is C21H27Cl2N5O. The number of carbonyl (C=O) groups is 1. The topological polar surface area (TPSA) is 53.4 Å². The first-order chi connectivity index (χ1) is 14.1. The van der Waals surface area contributed by atoms with Gasteiger partial charge in [0.2, 0.25) is 0 Å². The lowest BCUT2D eigenvalue weighted by Gasteiger charge is -2.36. The van der Waals surface area contributed by atoms with Crippen LogP contribution in [0.1, 0.15) is 35.3 Å². The van der Waals surface area contributed by atoms with Gasteiger partial charge in [-0.05, 0) is 44.4 Å². The van der Waals surface area contributed by atoms with E-state index >= 15 is 0 Å². The maximum absolute atomic E-state index is 12.5. The van der Waals surface area contributed by atoms with E-state index in [1.165, 1.54) is 0 Å². The van der Waals surface area contributed by atoms with Crippen LogP contribution in [0.2, 0.25) is 10.0 Å². The SMILES string of the molecule is O=C(NCCCN1CCN(c2cccc(Cl)c2Cl)CC1)c1cnn2c1CCCC2. The zero-order chi connectivity index (χ0) is 20.2. The standard InChI is InChI=1S/C21H27Cl2N5O/c22-17-5-3-7-19(20(17)23)27-13-11-26(12-14-27)9-4-8-24-21(29)16-15-25-28-10-2-1-6-18(16)28/h3,5,7,15H,1-2,4,6,8-14H2,(H,24,29). The number of nitrogens with one attached hydrogen (secondary N) is 1. The van der Waals surface area contributed by atoms with Gasteiger partial charge in [0.05, 0.1) is 33.2 Å². The Bertz CT molecular complexity index is 861. The van der Waals surface area contributed by atoms with E-state index < -0.39 is 0 Å². The van der Waals surface area contributed by atoms with E-state index in [2.05, 4.69) is 20.2 Å². The molecule has 2 aromatic rings. The monoisotopic (exact) mass is 435 g/mol. The van der Waals surface area contributed by atoms with Gasteiger partial charge in [0.1, 0.15) is 0 Å². The van der Waals surface area contributed by atoms with Crippen molar-refractivity contribution in [2.24, 2.45) is 0 Å². The zero-order valence-electron chi connectivity index (χ0n) is 16.5. The quantitative estimate of drug-likeness (QED) is 0.705. The summed E-state index contributed by atoms with van der Waals surface area (Å²) in [5.74, 6) is 0.00793. The molecule has 0 spiro atoms. The first-order valence-corrected chi connectivity index (χ1v) is 11.1. The van der Waals surface area contributed by atoms with E-state index in [9.17, 15) is 4.79 Å². The summed E-state index contributed by atoms with van der Waals surface area (Å²) >= 11 is 12.5. The van der Waals surface area contributed by atoms with Crippen molar-refractivity contribution in [1.29, 1.82) is 0 Å². The number of fused-ring (bicyclic) bond motifs is 1. The Morgan fingerprint density at radius 2 is 1.93 bits per heavy atom. The van der Waals surface area contributed by atoms with Gasteiger partial charge >= 0.3 is 0 Å². The van der Waals surface area contributed by atoms with Crippen molar-refractivity contribution >= 4 is 34.8 Å². The Morgan fingerprint density at radius 1 is 1.10 bits per heavy atom. The molecule has 4 rings (SSSR count). The summed E-state index contributed by atoms with van der Waals surface area (Å²) in [6, 6.07) is 5.78. The van der Waals surface area contributed by atoms with E-state index in [0.29, 0.717) is 16.6 Å². The molecule has 0 saturated carbocycles. The number of aryl methyl sites for hydroxylation is 1. The fourth-order valence-corrected chi connectivity index (χ4v) is 4.57. The van der Waals surface area contributed by atoms with Gasteiger partial charge in [-0.2, -0.15) is 5.10 Å². The Hall–Kier alpha value is -1.76. The smallest absolute Gasteiger partial charge is 0.254 e. The molecule has 156 valence electrons. The van der Waals surface area contributed by atoms with Gasteiger partial charge < -0.3 is 10.2 Å². The molecule has 2 aliphatic heterocycles. The predicted molar refractivity (Wildman–Crippen MR) is 117 cm³/mol. The van der Waals surface area contributed by atoms with Gasteiger partial charge in [-0.15, -0.1) is 0 Å². The lowest BCUT2D eigenvalue weighted by atomic mass is 10.1. The molecule has 1 aromatic heterocycles. The Morgan fingerprint density at radius 3 is 2.76 bits per heavy atom. The minimum atomic E-state index is 0.00793. The van der Waals surface area contributed by atoms with E-state index in [1.807, 2.05) is 22.9 Å². The molecule has 0 atom stereocenters. The van der Waals surface area contributed by atoms with Crippen molar-refractivity contribution in [1.82, 2.24) is 20.0 Å². The number of benzene rings is 1. The number of amides is 1. The van der Waals surface area contributed by atoms with Crippen molar-refractivity contribution in [3.63, 3.8) is 0 Å². The van der Waals surface area contributed by atoms with Crippen molar-refractivity contribution in [2.75, 3.05) is 44.2 Å². The molecule has 2 aliphatic rings. The highest BCUT2D eigenvalue weighted by molar-refractivity contribution is 6.43. The first-order valence-electron chi connectivity index (χ1n) is 10.4. The van der Waals surface area contributed by atoms with Crippen molar-refractivity contribution in [2.45, 2.75) is 32.2 Å². The minimum Gasteiger partial charge on any atom is -0.368 e. The number of halogens is 2. The predicted octanol–water partition coefficient (Wildman–Crippen LogP) is 3.47. The Labute approximate surface area is 181 Å². The summed E-state index contributed by atoms with van der Waals surface area (Å²) in [5, 5.41) is 8.64. The number of aromatic nitrogens is 2. The lowest BCUT2D eigenvalue weighted by Crippen LogP contribution is -2.47. The molecule has 1 N–H and O–H groups in total. The van der Waals surface area contributed by atoms with E-state index in [0.717, 1.165) is 81.9 Å². The van der Waals surface area contributed by atoms with Crippen LogP contribution < -0.4 is 10.2 Å². The molecular weight excluding hydrogens is 409 g/mol. The third-order valence-electron chi connectivity index (χ3n) is 5.81. The van der Waals surface area contributed by atoms with Crippen LogP contribution in [-0.4, -0.2) is 59.9 Å². The van der Waals surface area contributed by atoms with Crippen molar-refractivity contribution < 1.29 is 4.79 Å². The van der Waals surface area contributed by atoms with Gasteiger partial charge in [-0.3, -0.25) is 14.4 Å². The number of rotatable bonds is 6. The number of hydrogen-bond donors (Lipinski definition) is 1. The third kappa shape index (κ3) is 4.71. The van der Waals surface area contributed by atoms with Gasteiger partial charge in [0.25, 0.3) is 5.91 Å². The number of hydrogen-bond acceptors (Lipinski definition) is 4. The second-order valence-corrected chi connectivity index (χ2v) is 8.48. The van der Waals surface area contributed by atoms with Crippen molar-refractivity contribution in [3.8, 4) is 0 Å². The van der Waals surface area contributed by atoms with Crippen LogP contribution in [0.4, 0.5) is 5.69 Å². The van der Waals surface area contributed by atoms with E-state index in [-0.39, 0.29) is 5.91 Å². The summed E-state index contributed by atoms with van der Waals surface area (Å²) in [5.41, 5.74) is 2.84. The second-order valence-electron chi connectivity index (χ2n) is 7.70. The number of anilines is 1. The van der Waals surface area contributed by atoms with Crippen LogP contribution in [0.15, 0.2) is 24.4 Å². The summed E-state index contributed by atoms with van der Waals surface area (Å²) in [7, 11) is 0. The maximum atomic E-state index is 12.5. The molecule has 0 radical (unpaired) electrons. The largest absolute Gasteiger partial charge is 0.368 e. The fourth-order valence-electron chi connectivity index (χ4n) is 4.16. The Balaban J connectivity index is 1.19. The highest BCUT2D eigenvalue weighted by atomic mass is 35.5. The normalized spacial score (nSPS) is 17.2. The fraction of sp³-hybridized carbons (Fsp3) is 0.524. The van der Waals surface area contributed by atoms with E-state index in [4.69, 9.17) is 23.2 Å². The molecule has 0 aliphatic carbocycles. The second kappa shape index (κ2) is 9.37. The Kier molecular flexibility index (Phi) is 6.63. The first kappa shape index (κ1) is 20.5. The molecule has 8 heteroatoms. The molecule has 1 amide bonds. The van der Waals surface area contributed by atoms with Gasteiger partial charge in [0, 0.05) is 39.3 Å². The van der Waals surface area contributed by atoms with Crippen LogP contribution >= 0.6 is 23.2 Å². The molecule has 1 saturated heterocycles. The van der Waals surface area contributed by atoms with Gasteiger partial charge in [0.15, 0.2) is 0 Å². The molecule has 1 aromatic carbocycles. The lowest BCUT2D eigenvalue weighted by molar-refractivity contribution is 0.0950. The van der Waals surface area contributed by atoms with Crippen LogP contribution in [0.25, 0.3) is 0 Å². The van der Waals surface area contributed by atoms with Crippen LogP contribution in [-0.2, 0) is 13.0 Å². The average molecular weight is 436 g/mol. The van der Waals surface area contributed by atoms with Crippen LogP contribution in [0, 0.1) is 0 Å². The summed E-state index contributed by atoms with van der Waals surface area (Å²) in [6.45, 7) is 6.40. The summed E-state index contributed by atoms with van der Waals surface area (Å²) in [6.07, 6.45) is 5.89. The summed E-state index contributed by atoms with van der Waals surface area (Å²) < 4.78 is 1.98. The highest BCUT2D eigenvalue weighted by Gasteiger charge is 2.21. The molecule has 3 heterocycles. The average Bonchev–Trinajstić information content (AvgIpc) is 3.18. The third-order valence-corrected chi connectivity index (χ3v) is 6.62. The molecule has 0 bridgehead atoms. The molecule has 6 nitrogen and oxygen atoms in total. The van der Waals surface area contributed by atoms with Gasteiger partial charge in [-0.1, -0.05) is 29.3 Å². The number of piperazine rings is 1. The minimum absolute atomic E-state index is 0.00793. The molecule has 1 fully saturated rings. The maximum Gasteiger partial charge on any atom is 0.254 e. The van der Waals surface area contributed by atoms with Crippen LogP contribution in [0.5, 0.6) is 0 Å². The van der Waals surface area contributed by atoms with Crippen molar-refractivity contribution in [3.05, 3.63) is 45.7 Å². The number of carbonyl (C=O) groups excluding carboxylic acids is 1. The summed E-state index contributed by atoms with van der Waals surface area (Å²) in [4.78, 5) is 17.2. The molecule has 29 heavy (non-hydrogen) atoms. The zero-order valence-corrected chi connectivity index (χ0v) is 18.1. The van der Waals surface area contributed by atoms with E-state index in [1.54, 1.807) is 6.20 Å². The highest BCUT2D eigenvalue weighted by Crippen LogP contribution is 2.32. The number of nitrogens with zero attached hydrogens (tertiary/aromatic N) is 4. The molecule has 0 unspecified atom stereocenters. The van der Waals surface area contributed by atoms with Crippen LogP contribution in [0.3, 0.4) is 0 Å². The van der Waals surface area contributed by atoms with Gasteiger partial charge in [-0.25, -0.2) is 0 Å².